The molecule has 4 nitrogen and oxygen atoms in total. The van der Waals surface area contributed by atoms with Gasteiger partial charge < -0.3 is 16.2 Å². The molecule has 0 bridgehead atoms. The number of benzene rings is 1. The van der Waals surface area contributed by atoms with Gasteiger partial charge in [-0.2, -0.15) is 0 Å². The average Bonchev–Trinajstić information content (AvgIpc) is 2.47. The number of aliphatic hydroxyl groups excluding tert-OH is 1. The Labute approximate surface area is 126 Å². The van der Waals surface area contributed by atoms with Gasteiger partial charge in [-0.05, 0) is 55.7 Å². The van der Waals surface area contributed by atoms with Crippen LogP contribution >= 0.6 is 0 Å². The fourth-order valence-electron chi connectivity index (χ4n) is 3.37. The van der Waals surface area contributed by atoms with E-state index in [4.69, 9.17) is 5.73 Å². The first kappa shape index (κ1) is 14.4. The number of hydrogen-bond acceptors (Lipinski definition) is 2. The monoisotopic (exact) mass is 287 g/mol. The van der Waals surface area contributed by atoms with Crippen LogP contribution in [0.4, 0.5) is 5.69 Å². The second-order valence-electron chi connectivity index (χ2n) is 6.49. The normalized spacial score (nSPS) is 20.5. The molecule has 0 atom stereocenters. The number of hydrogen-bond donors (Lipinski definition) is 3. The van der Waals surface area contributed by atoms with Crippen LogP contribution < -0.4 is 11.1 Å². The van der Waals surface area contributed by atoms with Gasteiger partial charge in [-0.25, -0.2) is 0 Å². The van der Waals surface area contributed by atoms with E-state index >= 15 is 0 Å². The van der Waals surface area contributed by atoms with Crippen molar-refractivity contribution in [1.29, 1.82) is 0 Å². The molecule has 1 aromatic rings. The Hall–Kier alpha value is -1.55. The van der Waals surface area contributed by atoms with Crippen LogP contribution in [0.5, 0.6) is 0 Å². The number of fused-ring (bicyclic) bond motifs is 1. The van der Waals surface area contributed by atoms with Gasteiger partial charge in [-0.1, -0.05) is 18.6 Å². The second-order valence-corrected chi connectivity index (χ2v) is 6.49. The molecule has 4 heteroatoms. The first-order valence-corrected chi connectivity index (χ1v) is 8.01. The van der Waals surface area contributed by atoms with E-state index in [9.17, 15) is 5.11 Å². The molecule has 0 aliphatic heterocycles. The number of nitrogens with two attached hydrogens (primary N) is 1. The highest BCUT2D eigenvalue weighted by molar-refractivity contribution is 5.93. The smallest absolute Gasteiger partial charge is 0.193 e. The predicted octanol–water partition coefficient (Wildman–Crippen LogP) is 2.45. The van der Waals surface area contributed by atoms with Gasteiger partial charge in [0.25, 0.3) is 0 Å². The quantitative estimate of drug-likeness (QED) is 0.588. The van der Waals surface area contributed by atoms with Gasteiger partial charge in [-0.3, -0.25) is 4.99 Å². The van der Waals surface area contributed by atoms with Crippen molar-refractivity contribution in [1.82, 2.24) is 0 Å². The lowest BCUT2D eigenvalue weighted by atomic mass is 9.69. The van der Waals surface area contributed by atoms with Crippen molar-refractivity contribution in [2.45, 2.75) is 44.9 Å². The van der Waals surface area contributed by atoms with Crippen molar-refractivity contribution in [2.75, 3.05) is 18.5 Å². The molecular formula is C17H25N3O. The highest BCUT2D eigenvalue weighted by Crippen LogP contribution is 2.40. The topological polar surface area (TPSA) is 70.6 Å². The van der Waals surface area contributed by atoms with E-state index < -0.39 is 0 Å². The number of anilines is 1. The van der Waals surface area contributed by atoms with E-state index in [1.807, 2.05) is 0 Å². The third-order valence-electron chi connectivity index (χ3n) is 4.99. The Kier molecular flexibility index (Phi) is 4.15. The predicted molar refractivity (Wildman–Crippen MR) is 86.6 cm³/mol. The summed E-state index contributed by atoms with van der Waals surface area (Å²) < 4.78 is 0. The van der Waals surface area contributed by atoms with E-state index in [2.05, 4.69) is 28.5 Å². The molecule has 0 aromatic heterocycles. The van der Waals surface area contributed by atoms with Crippen molar-refractivity contribution in [3.8, 4) is 0 Å². The molecule has 0 heterocycles. The summed E-state index contributed by atoms with van der Waals surface area (Å²) in [5.41, 5.74) is 9.95. The minimum Gasteiger partial charge on any atom is -0.396 e. The molecule has 0 unspecified atom stereocenters. The molecule has 3 rings (SSSR count). The van der Waals surface area contributed by atoms with Crippen LogP contribution in [0.25, 0.3) is 0 Å². The van der Waals surface area contributed by atoms with Crippen LogP contribution in [0, 0.1) is 5.41 Å². The summed E-state index contributed by atoms with van der Waals surface area (Å²) in [5.74, 6) is 0.466. The molecule has 0 amide bonds. The Morgan fingerprint density at radius 3 is 2.76 bits per heavy atom. The minimum absolute atomic E-state index is 0.0115. The first-order valence-electron chi connectivity index (χ1n) is 8.01. The highest BCUT2D eigenvalue weighted by Gasteiger charge is 2.36. The van der Waals surface area contributed by atoms with E-state index in [0.29, 0.717) is 12.5 Å². The summed E-state index contributed by atoms with van der Waals surface area (Å²) in [6.07, 6.45) is 8.11. The molecule has 4 N–H and O–H groups in total. The second kappa shape index (κ2) is 6.06. The van der Waals surface area contributed by atoms with Gasteiger partial charge in [0.2, 0.25) is 0 Å². The van der Waals surface area contributed by atoms with Crippen molar-refractivity contribution < 1.29 is 5.11 Å². The molecule has 0 saturated heterocycles. The average molecular weight is 287 g/mol. The summed E-state index contributed by atoms with van der Waals surface area (Å²) in [7, 11) is 0. The molecule has 1 fully saturated rings. The van der Waals surface area contributed by atoms with Crippen molar-refractivity contribution in [3.05, 3.63) is 29.3 Å². The Bertz CT molecular complexity index is 529. The number of nitrogens with zero attached hydrogens (tertiary/aromatic N) is 1. The van der Waals surface area contributed by atoms with E-state index in [1.54, 1.807) is 0 Å². The third-order valence-corrected chi connectivity index (χ3v) is 4.99. The van der Waals surface area contributed by atoms with Crippen LogP contribution in [-0.2, 0) is 12.8 Å². The summed E-state index contributed by atoms with van der Waals surface area (Å²) in [6, 6.07) is 6.38. The Morgan fingerprint density at radius 2 is 2.05 bits per heavy atom. The first-order chi connectivity index (χ1) is 10.2. The van der Waals surface area contributed by atoms with Crippen LogP contribution in [0.2, 0.25) is 0 Å². The fraction of sp³-hybridized carbons (Fsp3) is 0.588. The molecular weight excluding hydrogens is 262 g/mol. The number of guanidine groups is 1. The van der Waals surface area contributed by atoms with Crippen LogP contribution in [-0.4, -0.2) is 24.2 Å². The van der Waals surface area contributed by atoms with Gasteiger partial charge in [-0.15, -0.1) is 0 Å². The number of rotatable bonds is 4. The van der Waals surface area contributed by atoms with Gasteiger partial charge in [0.05, 0.1) is 13.2 Å². The summed E-state index contributed by atoms with van der Waals surface area (Å²) in [5, 5.41) is 12.7. The lowest BCUT2D eigenvalue weighted by molar-refractivity contribution is 0.0540. The zero-order valence-electron chi connectivity index (χ0n) is 12.6. The Morgan fingerprint density at radius 1 is 1.24 bits per heavy atom. The SMILES string of the molecule is NC(=NCC1(CO)CCC1)Nc1cccc2c1CCCC2. The van der Waals surface area contributed by atoms with Crippen molar-refractivity contribution in [2.24, 2.45) is 16.1 Å². The molecule has 2 aliphatic carbocycles. The lowest BCUT2D eigenvalue weighted by Gasteiger charge is -2.38. The molecule has 21 heavy (non-hydrogen) atoms. The van der Waals surface area contributed by atoms with Gasteiger partial charge in [0.1, 0.15) is 0 Å². The maximum atomic E-state index is 9.47. The van der Waals surface area contributed by atoms with Gasteiger partial charge in [0.15, 0.2) is 5.96 Å². The zero-order valence-corrected chi connectivity index (χ0v) is 12.6. The molecule has 1 aromatic carbocycles. The number of nitrogens with one attached hydrogen (secondary N) is 1. The standard InChI is InChI=1S/C17H25N3O/c18-16(19-11-17(12-21)9-4-10-17)20-15-8-3-6-13-5-1-2-7-14(13)15/h3,6,8,21H,1-2,4-5,7,9-12H2,(H3,18,19,20). The fourth-order valence-corrected chi connectivity index (χ4v) is 3.37. The molecule has 2 aliphatic rings. The number of aryl methyl sites for hydroxylation is 1. The maximum absolute atomic E-state index is 9.47. The molecule has 0 radical (unpaired) electrons. The minimum atomic E-state index is -0.0115. The summed E-state index contributed by atoms with van der Waals surface area (Å²) in [4.78, 5) is 4.46. The van der Waals surface area contributed by atoms with Crippen molar-refractivity contribution >= 4 is 11.6 Å². The summed E-state index contributed by atoms with van der Waals surface area (Å²) >= 11 is 0. The number of aliphatic imine (C=N–C) groups is 1. The molecule has 114 valence electrons. The molecule has 0 spiro atoms. The lowest BCUT2D eigenvalue weighted by Crippen LogP contribution is -2.37. The maximum Gasteiger partial charge on any atom is 0.193 e. The molecule has 1 saturated carbocycles. The Balaban J connectivity index is 1.68. The zero-order chi connectivity index (χ0) is 14.7. The third kappa shape index (κ3) is 3.05. The van der Waals surface area contributed by atoms with Crippen LogP contribution in [0.3, 0.4) is 0 Å². The van der Waals surface area contributed by atoms with Crippen LogP contribution in [0.1, 0.15) is 43.2 Å². The van der Waals surface area contributed by atoms with E-state index in [-0.39, 0.29) is 12.0 Å². The van der Waals surface area contributed by atoms with Crippen LogP contribution in [0.15, 0.2) is 23.2 Å². The highest BCUT2D eigenvalue weighted by atomic mass is 16.3. The van der Waals surface area contributed by atoms with Gasteiger partial charge >= 0.3 is 0 Å². The summed E-state index contributed by atoms with van der Waals surface area (Å²) in [6.45, 7) is 0.835. The van der Waals surface area contributed by atoms with E-state index in [0.717, 1.165) is 31.4 Å². The van der Waals surface area contributed by atoms with Crippen molar-refractivity contribution in [3.63, 3.8) is 0 Å². The van der Waals surface area contributed by atoms with Gasteiger partial charge in [0, 0.05) is 11.1 Å². The van der Waals surface area contributed by atoms with E-state index in [1.165, 1.54) is 30.4 Å². The number of aliphatic hydroxyl groups is 1. The largest absolute Gasteiger partial charge is 0.396 e.